The molecule has 1 atom stereocenters. The van der Waals surface area contributed by atoms with Crippen LogP contribution in [0.3, 0.4) is 0 Å². The van der Waals surface area contributed by atoms with Crippen molar-refractivity contribution < 1.29 is 14.5 Å². The number of nitrogens with zero attached hydrogens (tertiary/aromatic N) is 4. The molecule has 9 nitrogen and oxygen atoms in total. The maximum Gasteiger partial charge on any atom is 0.336 e. The van der Waals surface area contributed by atoms with E-state index in [0.717, 1.165) is 37.4 Å². The molecule has 206 valence electrons. The summed E-state index contributed by atoms with van der Waals surface area (Å²) in [5.74, 6) is -1.01. The first kappa shape index (κ1) is 27.1. The van der Waals surface area contributed by atoms with Crippen molar-refractivity contribution in [1.82, 2.24) is 15.2 Å². The van der Waals surface area contributed by atoms with Crippen molar-refractivity contribution in [3.05, 3.63) is 117 Å². The van der Waals surface area contributed by atoms with Crippen LogP contribution in [0.25, 0.3) is 5.57 Å². The Morgan fingerprint density at radius 2 is 1.75 bits per heavy atom. The smallest absolute Gasteiger partial charge is 0.336 e. The number of non-ortho nitro benzene ring substituents is 1. The third-order valence-corrected chi connectivity index (χ3v) is 7.47. The molecule has 3 heterocycles. The molecule has 1 fully saturated rings. The number of ether oxygens (including phenoxy) is 1. The molecular weight excluding hydrogens is 506 g/mol. The molecule has 2 aliphatic rings. The zero-order valence-electron chi connectivity index (χ0n) is 22.7. The Morgan fingerprint density at radius 1 is 1.00 bits per heavy atom. The number of piperazine rings is 1. The number of para-hydroxylation sites is 1. The molecule has 9 heteroatoms. The Bertz CT molecular complexity index is 1430. The average molecular weight is 540 g/mol. The van der Waals surface area contributed by atoms with Gasteiger partial charge >= 0.3 is 5.97 Å². The van der Waals surface area contributed by atoms with Crippen LogP contribution in [-0.4, -0.2) is 60.1 Å². The van der Waals surface area contributed by atoms with Crippen molar-refractivity contribution >= 4 is 22.9 Å². The number of hydrogen-bond donors (Lipinski definition) is 1. The number of aromatic nitrogens is 1. The molecule has 0 bridgehead atoms. The zero-order chi connectivity index (χ0) is 28.1. The Balaban J connectivity index is 1.32. The number of nitro benzene ring substituents is 1. The van der Waals surface area contributed by atoms with E-state index in [1.54, 1.807) is 12.3 Å². The summed E-state index contributed by atoms with van der Waals surface area (Å²) in [5.41, 5.74) is 5.23. The third-order valence-electron chi connectivity index (χ3n) is 7.47. The predicted molar refractivity (Wildman–Crippen MR) is 155 cm³/mol. The maximum atomic E-state index is 13.6. The normalized spacial score (nSPS) is 17.9. The lowest BCUT2D eigenvalue weighted by atomic mass is 9.79. The van der Waals surface area contributed by atoms with Crippen LogP contribution in [0.2, 0.25) is 0 Å². The second-order valence-electron chi connectivity index (χ2n) is 10.0. The van der Waals surface area contributed by atoms with E-state index >= 15 is 0 Å². The number of carbonyl (C=O) groups is 1. The first-order valence-electron chi connectivity index (χ1n) is 13.5. The predicted octanol–water partition coefficient (Wildman–Crippen LogP) is 4.75. The molecule has 1 unspecified atom stereocenters. The number of dihydropyridines is 1. The van der Waals surface area contributed by atoms with Gasteiger partial charge in [0.1, 0.15) is 6.61 Å². The largest absolute Gasteiger partial charge is 0.461 e. The minimum absolute atomic E-state index is 0.0333. The van der Waals surface area contributed by atoms with Gasteiger partial charge in [0.25, 0.3) is 5.69 Å². The summed E-state index contributed by atoms with van der Waals surface area (Å²) in [4.78, 5) is 34.0. The molecule has 0 spiro atoms. The van der Waals surface area contributed by atoms with E-state index in [0.29, 0.717) is 29.1 Å². The van der Waals surface area contributed by atoms with Gasteiger partial charge in [-0.15, -0.1) is 0 Å². The minimum Gasteiger partial charge on any atom is -0.461 e. The van der Waals surface area contributed by atoms with Gasteiger partial charge in [-0.05, 0) is 43.7 Å². The number of rotatable bonds is 8. The number of anilines is 1. The van der Waals surface area contributed by atoms with Gasteiger partial charge in [0.05, 0.1) is 16.2 Å². The third kappa shape index (κ3) is 5.89. The molecular formula is C31H33N5O4. The first-order chi connectivity index (χ1) is 19.4. The topological polar surface area (TPSA) is 101 Å². The average Bonchev–Trinajstić information content (AvgIpc) is 2.98. The van der Waals surface area contributed by atoms with Crippen molar-refractivity contribution in [1.29, 1.82) is 0 Å². The molecule has 0 saturated carbocycles. The zero-order valence-corrected chi connectivity index (χ0v) is 22.7. The number of carbonyl (C=O) groups excluding carboxylic acids is 1. The van der Waals surface area contributed by atoms with Gasteiger partial charge in [-0.3, -0.25) is 20.0 Å². The summed E-state index contributed by atoms with van der Waals surface area (Å²) in [6.45, 7) is 8.26. The van der Waals surface area contributed by atoms with Gasteiger partial charge in [-0.2, -0.15) is 0 Å². The Morgan fingerprint density at radius 3 is 2.45 bits per heavy atom. The number of nitro groups is 1. The molecule has 1 saturated heterocycles. The number of benzene rings is 2. The molecule has 1 aromatic heterocycles. The van der Waals surface area contributed by atoms with Crippen molar-refractivity contribution in [2.45, 2.75) is 19.8 Å². The van der Waals surface area contributed by atoms with E-state index in [4.69, 9.17) is 4.74 Å². The van der Waals surface area contributed by atoms with Crippen LogP contribution in [0, 0.1) is 10.1 Å². The van der Waals surface area contributed by atoms with E-state index in [-0.39, 0.29) is 12.3 Å². The fourth-order valence-electron chi connectivity index (χ4n) is 5.49. The van der Waals surface area contributed by atoms with Crippen molar-refractivity contribution in [2.75, 3.05) is 44.2 Å². The number of esters is 1. The second-order valence-corrected chi connectivity index (χ2v) is 10.0. The van der Waals surface area contributed by atoms with Gasteiger partial charge < -0.3 is 15.0 Å². The standard InChI is InChI=1S/C31H33N5O4/c1-22-28(27-13-6-7-14-32-27)30(24-9-8-12-26(21-24)36(38)39)29(23(2)33-22)31(37)40-20-19-34-15-17-35(18-16-34)25-10-4-3-5-11-25/h3-14,21,30,33H,15-20H2,1-2H3. The summed E-state index contributed by atoms with van der Waals surface area (Å²) in [6.07, 6.45) is 1.70. The van der Waals surface area contributed by atoms with Crippen LogP contribution in [0.4, 0.5) is 11.4 Å². The van der Waals surface area contributed by atoms with Crippen LogP contribution in [0.15, 0.2) is 96.0 Å². The summed E-state index contributed by atoms with van der Waals surface area (Å²) in [6, 6.07) is 22.4. The van der Waals surface area contributed by atoms with E-state index < -0.39 is 16.8 Å². The number of hydrogen-bond acceptors (Lipinski definition) is 8. The van der Waals surface area contributed by atoms with E-state index in [9.17, 15) is 14.9 Å². The van der Waals surface area contributed by atoms with Crippen molar-refractivity contribution in [3.63, 3.8) is 0 Å². The minimum atomic E-state index is -0.571. The Labute approximate surface area is 233 Å². The lowest BCUT2D eigenvalue weighted by Crippen LogP contribution is -2.47. The number of allylic oxidation sites excluding steroid dienone is 3. The van der Waals surface area contributed by atoms with Gasteiger partial charge in [0, 0.05) is 79.6 Å². The fourth-order valence-corrected chi connectivity index (χ4v) is 5.49. The Kier molecular flexibility index (Phi) is 8.21. The number of pyridine rings is 1. The summed E-state index contributed by atoms with van der Waals surface area (Å²) in [5, 5.41) is 14.9. The van der Waals surface area contributed by atoms with Crippen molar-refractivity contribution in [3.8, 4) is 0 Å². The lowest BCUT2D eigenvalue weighted by molar-refractivity contribution is -0.384. The van der Waals surface area contributed by atoms with Crippen LogP contribution in [0.1, 0.15) is 31.0 Å². The van der Waals surface area contributed by atoms with E-state index in [1.165, 1.54) is 17.8 Å². The van der Waals surface area contributed by atoms with Crippen LogP contribution < -0.4 is 10.2 Å². The molecule has 0 radical (unpaired) electrons. The highest BCUT2D eigenvalue weighted by atomic mass is 16.6. The molecule has 2 aliphatic heterocycles. The summed E-state index contributed by atoms with van der Waals surface area (Å²) in [7, 11) is 0. The van der Waals surface area contributed by atoms with Crippen LogP contribution in [-0.2, 0) is 9.53 Å². The summed E-state index contributed by atoms with van der Waals surface area (Å²) < 4.78 is 5.85. The molecule has 0 aliphatic carbocycles. The fraction of sp³-hybridized carbons (Fsp3) is 0.290. The second kappa shape index (κ2) is 12.1. The van der Waals surface area contributed by atoms with Crippen LogP contribution in [0.5, 0.6) is 0 Å². The first-order valence-corrected chi connectivity index (χ1v) is 13.5. The highest BCUT2D eigenvalue weighted by molar-refractivity contribution is 5.97. The van der Waals surface area contributed by atoms with Gasteiger partial charge in [-0.1, -0.05) is 36.4 Å². The van der Waals surface area contributed by atoms with Gasteiger partial charge in [-0.25, -0.2) is 4.79 Å². The van der Waals surface area contributed by atoms with Gasteiger partial charge in [0.15, 0.2) is 0 Å². The quantitative estimate of drug-likeness (QED) is 0.249. The molecule has 3 aromatic rings. The molecule has 2 aromatic carbocycles. The lowest BCUT2D eigenvalue weighted by Gasteiger charge is -2.36. The van der Waals surface area contributed by atoms with E-state index in [1.807, 2.05) is 44.2 Å². The molecule has 0 amide bonds. The monoisotopic (exact) mass is 539 g/mol. The Hall–Kier alpha value is -4.50. The molecule has 1 N–H and O–H groups in total. The SMILES string of the molecule is CC1=C(C(=O)OCCN2CCN(c3ccccc3)CC2)C(c2cccc([N+](=O)[O-])c2)C(c2ccccn2)=C(C)N1. The molecule has 40 heavy (non-hydrogen) atoms. The van der Waals surface area contributed by atoms with Crippen molar-refractivity contribution in [2.24, 2.45) is 0 Å². The maximum absolute atomic E-state index is 13.6. The highest BCUT2D eigenvalue weighted by Crippen LogP contribution is 2.43. The summed E-state index contributed by atoms with van der Waals surface area (Å²) >= 11 is 0. The van der Waals surface area contributed by atoms with Gasteiger partial charge in [0.2, 0.25) is 0 Å². The van der Waals surface area contributed by atoms with Crippen LogP contribution >= 0.6 is 0 Å². The van der Waals surface area contributed by atoms with E-state index in [2.05, 4.69) is 44.4 Å². The number of nitrogens with one attached hydrogen (secondary N) is 1. The molecule has 5 rings (SSSR count). The highest BCUT2D eigenvalue weighted by Gasteiger charge is 2.36.